The molecule has 12 heavy (non-hydrogen) atoms. The Morgan fingerprint density at radius 2 is 1.75 bits per heavy atom. The van der Waals surface area contributed by atoms with E-state index in [0.29, 0.717) is 0 Å². The van der Waals surface area contributed by atoms with E-state index in [1.807, 2.05) is 26.0 Å². The topological polar surface area (TPSA) is 9.23 Å². The molecule has 0 amide bonds. The fourth-order valence-corrected chi connectivity index (χ4v) is 1.39. The molecule has 0 heterocycles. The molecule has 1 aromatic carbocycles. The van der Waals surface area contributed by atoms with Crippen molar-refractivity contribution in [2.75, 3.05) is 6.66 Å². The van der Waals surface area contributed by atoms with Crippen LogP contribution in [0.1, 0.15) is 13.8 Å². The highest BCUT2D eigenvalue weighted by Gasteiger charge is 1.93. The number of rotatable bonds is 3. The van der Waals surface area contributed by atoms with E-state index in [2.05, 4.69) is 18.8 Å². The smallest absolute Gasteiger partial charge is 0.119 e. The van der Waals surface area contributed by atoms with Gasteiger partial charge in [0.05, 0.1) is 6.10 Å². The monoisotopic (exact) mass is 181 g/mol. The highest BCUT2D eigenvalue weighted by molar-refractivity contribution is 7.46. The second-order valence-electron chi connectivity index (χ2n) is 2.88. The van der Waals surface area contributed by atoms with E-state index in [9.17, 15) is 0 Å². The first-order valence-corrected chi connectivity index (χ1v) is 5.43. The van der Waals surface area contributed by atoms with Gasteiger partial charge in [-0.3, -0.25) is 0 Å². The molecule has 1 rings (SSSR count). The molecular formula is C10H14OP-. The molecule has 0 unspecified atom stereocenters. The Morgan fingerprint density at radius 1 is 1.17 bits per heavy atom. The van der Waals surface area contributed by atoms with Crippen molar-refractivity contribution >= 4 is 13.9 Å². The minimum absolute atomic E-state index is 0.259. The fourth-order valence-electron chi connectivity index (χ4n) is 0.946. The third-order valence-electron chi connectivity index (χ3n) is 1.47. The van der Waals surface area contributed by atoms with E-state index in [1.54, 1.807) is 0 Å². The molecule has 0 atom stereocenters. The number of ether oxygens (including phenoxy) is 1. The van der Waals surface area contributed by atoms with Crippen LogP contribution in [0.5, 0.6) is 5.75 Å². The van der Waals surface area contributed by atoms with E-state index >= 15 is 0 Å². The molecule has 1 nitrogen and oxygen atoms in total. The number of hydrogen-bond donors (Lipinski definition) is 0. The lowest BCUT2D eigenvalue weighted by Gasteiger charge is -2.13. The molecule has 0 saturated heterocycles. The maximum absolute atomic E-state index is 5.51. The summed E-state index contributed by atoms with van der Waals surface area (Å²) in [7, 11) is 1.30. The first-order chi connectivity index (χ1) is 5.72. The van der Waals surface area contributed by atoms with Crippen LogP contribution in [0.25, 0.3) is 0 Å². The van der Waals surface area contributed by atoms with Crippen molar-refractivity contribution in [3.63, 3.8) is 0 Å². The van der Waals surface area contributed by atoms with Gasteiger partial charge in [-0.05, 0) is 26.0 Å². The molecule has 0 spiro atoms. The van der Waals surface area contributed by atoms with Crippen LogP contribution in [0.2, 0.25) is 0 Å². The third-order valence-corrected chi connectivity index (χ3v) is 2.28. The molecule has 1 aromatic rings. The van der Waals surface area contributed by atoms with Crippen molar-refractivity contribution in [2.24, 2.45) is 0 Å². The maximum atomic E-state index is 5.51. The zero-order chi connectivity index (χ0) is 8.97. The summed E-state index contributed by atoms with van der Waals surface area (Å²) in [5.41, 5.74) is 0. The first-order valence-electron chi connectivity index (χ1n) is 4.09. The summed E-state index contributed by atoms with van der Waals surface area (Å²) < 4.78 is 5.51. The lowest BCUT2D eigenvalue weighted by atomic mass is 10.3. The average molecular weight is 181 g/mol. The summed E-state index contributed by atoms with van der Waals surface area (Å²) in [5, 5.41) is 1.33. The molecular weight excluding hydrogens is 167 g/mol. The minimum atomic E-state index is 0.259. The summed E-state index contributed by atoms with van der Waals surface area (Å²) in [4.78, 5) is 0. The van der Waals surface area contributed by atoms with Gasteiger partial charge in [0.1, 0.15) is 5.75 Å². The minimum Gasteiger partial charge on any atom is -0.510 e. The lowest BCUT2D eigenvalue weighted by molar-refractivity contribution is 0.242. The van der Waals surface area contributed by atoms with E-state index in [-0.39, 0.29) is 6.10 Å². The standard InChI is InChI=1S/C10H14OP/c1-8(2)11-9-4-6-10(12-3)7-5-9/h4-8H,1-3H3/q-1. The predicted molar refractivity (Wildman–Crippen MR) is 54.7 cm³/mol. The number of hydrogen-bond acceptors (Lipinski definition) is 1. The highest BCUT2D eigenvalue weighted by atomic mass is 31.1. The van der Waals surface area contributed by atoms with Crippen molar-refractivity contribution in [2.45, 2.75) is 20.0 Å². The van der Waals surface area contributed by atoms with Gasteiger partial charge < -0.3 is 13.3 Å². The van der Waals surface area contributed by atoms with Gasteiger partial charge in [-0.1, -0.05) is 12.1 Å². The Labute approximate surface area is 75.9 Å². The van der Waals surface area contributed by atoms with Gasteiger partial charge in [0.25, 0.3) is 0 Å². The molecule has 0 aliphatic heterocycles. The van der Waals surface area contributed by atoms with Gasteiger partial charge in [-0.15, -0.1) is 0 Å². The molecule has 0 saturated carbocycles. The molecule has 2 heteroatoms. The van der Waals surface area contributed by atoms with Gasteiger partial charge in [0, 0.05) is 0 Å². The zero-order valence-electron chi connectivity index (χ0n) is 7.74. The van der Waals surface area contributed by atoms with Crippen LogP contribution in [-0.2, 0) is 0 Å². The molecule has 0 aromatic heterocycles. The predicted octanol–water partition coefficient (Wildman–Crippen LogP) is 2.68. The quantitative estimate of drug-likeness (QED) is 0.651. The molecule has 0 aliphatic carbocycles. The summed E-state index contributed by atoms with van der Waals surface area (Å²) in [6, 6.07) is 8.23. The van der Waals surface area contributed by atoms with Gasteiger partial charge in [-0.25, -0.2) is 5.30 Å². The summed E-state index contributed by atoms with van der Waals surface area (Å²) in [5.74, 6) is 0.956. The van der Waals surface area contributed by atoms with E-state index in [1.165, 1.54) is 13.9 Å². The van der Waals surface area contributed by atoms with Gasteiger partial charge in [0.15, 0.2) is 0 Å². The van der Waals surface area contributed by atoms with Gasteiger partial charge in [0.2, 0.25) is 0 Å². The van der Waals surface area contributed by atoms with Crippen LogP contribution < -0.4 is 10.0 Å². The average Bonchev–Trinajstić information content (AvgIpc) is 2.05. The van der Waals surface area contributed by atoms with Gasteiger partial charge >= 0.3 is 0 Å². The third kappa shape index (κ3) is 2.83. The highest BCUT2D eigenvalue weighted by Crippen LogP contribution is 2.13. The van der Waals surface area contributed by atoms with Crippen LogP contribution in [-0.4, -0.2) is 12.8 Å². The van der Waals surface area contributed by atoms with Gasteiger partial charge in [-0.2, -0.15) is 6.66 Å². The maximum Gasteiger partial charge on any atom is 0.119 e. The second-order valence-corrected chi connectivity index (χ2v) is 3.85. The lowest BCUT2D eigenvalue weighted by Crippen LogP contribution is -2.06. The molecule has 0 radical (unpaired) electrons. The van der Waals surface area contributed by atoms with E-state index in [4.69, 9.17) is 4.74 Å². The first kappa shape index (κ1) is 9.54. The molecule has 0 aliphatic rings. The van der Waals surface area contributed by atoms with Crippen LogP contribution in [0.15, 0.2) is 24.3 Å². The fraction of sp³-hybridized carbons (Fsp3) is 0.400. The Balaban J connectivity index is 2.65. The Morgan fingerprint density at radius 3 is 2.17 bits per heavy atom. The summed E-state index contributed by atoms with van der Waals surface area (Å²) in [6.45, 7) is 6.19. The van der Waals surface area contributed by atoms with Crippen molar-refractivity contribution < 1.29 is 4.74 Å². The SMILES string of the molecule is C[P-]c1ccc(OC(C)C)cc1. The van der Waals surface area contributed by atoms with Crippen LogP contribution >= 0.6 is 8.58 Å². The Kier molecular flexibility index (Phi) is 3.55. The molecule has 0 bridgehead atoms. The number of benzene rings is 1. The van der Waals surface area contributed by atoms with Crippen molar-refractivity contribution in [3.8, 4) is 5.75 Å². The van der Waals surface area contributed by atoms with Crippen molar-refractivity contribution in [1.82, 2.24) is 0 Å². The second kappa shape index (κ2) is 4.47. The van der Waals surface area contributed by atoms with Crippen molar-refractivity contribution in [3.05, 3.63) is 24.3 Å². The Hall–Kier alpha value is -0.550. The molecule has 66 valence electrons. The molecule has 0 N–H and O–H groups in total. The molecule has 0 fully saturated rings. The van der Waals surface area contributed by atoms with Crippen molar-refractivity contribution in [1.29, 1.82) is 0 Å². The van der Waals surface area contributed by atoms with Crippen LogP contribution in [0.3, 0.4) is 0 Å². The Bertz CT molecular complexity index is 228. The zero-order valence-corrected chi connectivity index (χ0v) is 8.64. The van der Waals surface area contributed by atoms with Crippen LogP contribution in [0.4, 0.5) is 0 Å². The summed E-state index contributed by atoms with van der Waals surface area (Å²) >= 11 is 0. The summed E-state index contributed by atoms with van der Waals surface area (Å²) in [6.07, 6.45) is 0.259. The van der Waals surface area contributed by atoms with E-state index < -0.39 is 0 Å². The van der Waals surface area contributed by atoms with Crippen LogP contribution in [0, 0.1) is 0 Å². The van der Waals surface area contributed by atoms with E-state index in [0.717, 1.165) is 5.75 Å². The normalized spacial score (nSPS) is 11.3. The largest absolute Gasteiger partial charge is 0.510 e.